The summed E-state index contributed by atoms with van der Waals surface area (Å²) >= 11 is 3.46. The average Bonchev–Trinajstić information content (AvgIpc) is 1.95. The van der Waals surface area contributed by atoms with E-state index in [-0.39, 0.29) is 0 Å². The van der Waals surface area contributed by atoms with Gasteiger partial charge in [0.25, 0.3) is 0 Å². The van der Waals surface area contributed by atoms with Crippen molar-refractivity contribution in [2.24, 2.45) is 0 Å². The molecule has 10 heavy (non-hydrogen) atoms. The molecule has 0 unspecified atom stereocenters. The lowest BCUT2D eigenvalue weighted by molar-refractivity contribution is 0.772. The van der Waals surface area contributed by atoms with Crippen LogP contribution in [0.1, 0.15) is 19.8 Å². The Kier molecular flexibility index (Phi) is 3.00. The first kappa shape index (κ1) is 7.86. The molecule has 0 aromatic rings. The first-order valence-electron chi connectivity index (χ1n) is 3.62. The van der Waals surface area contributed by atoms with Crippen LogP contribution in [0.3, 0.4) is 0 Å². The van der Waals surface area contributed by atoms with Gasteiger partial charge in [-0.1, -0.05) is 22.0 Å². The van der Waals surface area contributed by atoms with Gasteiger partial charge in [0.2, 0.25) is 0 Å². The molecule has 0 bridgehead atoms. The molecule has 1 aliphatic carbocycles. The van der Waals surface area contributed by atoms with Gasteiger partial charge in [0, 0.05) is 12.2 Å². The number of allylic oxidation sites excluding steroid dienone is 4. The summed E-state index contributed by atoms with van der Waals surface area (Å²) in [6.07, 6.45) is 6.53. The molecule has 0 heterocycles. The molecule has 0 saturated carbocycles. The third kappa shape index (κ3) is 2.18. The lowest BCUT2D eigenvalue weighted by Crippen LogP contribution is -2.13. The van der Waals surface area contributed by atoms with Gasteiger partial charge < -0.3 is 5.32 Å². The van der Waals surface area contributed by atoms with Crippen LogP contribution in [0.2, 0.25) is 0 Å². The van der Waals surface area contributed by atoms with Crippen molar-refractivity contribution in [1.29, 1.82) is 0 Å². The Morgan fingerprint density at radius 1 is 1.50 bits per heavy atom. The Hall–Kier alpha value is -0.240. The van der Waals surface area contributed by atoms with E-state index in [0.29, 0.717) is 0 Å². The maximum atomic E-state index is 3.46. The number of hydrogen-bond acceptors (Lipinski definition) is 1. The van der Waals surface area contributed by atoms with Gasteiger partial charge in [-0.05, 0) is 30.3 Å². The van der Waals surface area contributed by atoms with E-state index in [4.69, 9.17) is 0 Å². The molecule has 1 N–H and O–H groups in total. The van der Waals surface area contributed by atoms with Gasteiger partial charge in [0.15, 0.2) is 0 Å². The molecular weight excluding hydrogens is 190 g/mol. The van der Waals surface area contributed by atoms with Crippen molar-refractivity contribution in [2.45, 2.75) is 19.8 Å². The zero-order chi connectivity index (χ0) is 7.40. The summed E-state index contributed by atoms with van der Waals surface area (Å²) in [5.41, 5.74) is 1.35. The van der Waals surface area contributed by atoms with E-state index >= 15 is 0 Å². The predicted octanol–water partition coefficient (Wildman–Crippen LogP) is 2.55. The summed E-state index contributed by atoms with van der Waals surface area (Å²) in [4.78, 5) is 0. The zero-order valence-electron chi connectivity index (χ0n) is 6.15. The highest BCUT2D eigenvalue weighted by Gasteiger charge is 2.01. The van der Waals surface area contributed by atoms with E-state index in [1.807, 2.05) is 0 Å². The lowest BCUT2D eigenvalue weighted by atomic mass is 10.1. The minimum Gasteiger partial charge on any atom is -0.389 e. The molecule has 1 rings (SSSR count). The van der Waals surface area contributed by atoms with E-state index < -0.39 is 0 Å². The zero-order valence-corrected chi connectivity index (χ0v) is 7.74. The Morgan fingerprint density at radius 3 is 2.80 bits per heavy atom. The summed E-state index contributed by atoms with van der Waals surface area (Å²) in [7, 11) is 0. The molecule has 0 aromatic heterocycles. The second-order valence-corrected chi connectivity index (χ2v) is 3.35. The largest absolute Gasteiger partial charge is 0.389 e. The maximum Gasteiger partial charge on any atom is 0.0115 e. The van der Waals surface area contributed by atoms with Crippen molar-refractivity contribution in [3.05, 3.63) is 22.3 Å². The summed E-state index contributed by atoms with van der Waals surface area (Å²) < 4.78 is 1.30. The fraction of sp³-hybridized carbons (Fsp3) is 0.500. The Bertz CT molecular complexity index is 166. The SMILES string of the molecule is CCNC1=CC=C(Br)CC1. The summed E-state index contributed by atoms with van der Waals surface area (Å²) in [5.74, 6) is 0. The van der Waals surface area contributed by atoms with Gasteiger partial charge in [-0.15, -0.1) is 0 Å². The number of rotatable bonds is 2. The van der Waals surface area contributed by atoms with Gasteiger partial charge >= 0.3 is 0 Å². The molecule has 0 atom stereocenters. The van der Waals surface area contributed by atoms with Crippen LogP contribution in [0.4, 0.5) is 0 Å². The van der Waals surface area contributed by atoms with Gasteiger partial charge in [0.05, 0.1) is 0 Å². The Labute approximate surface area is 70.3 Å². The molecule has 0 amide bonds. The van der Waals surface area contributed by atoms with Crippen LogP contribution in [0, 0.1) is 0 Å². The molecule has 56 valence electrons. The molecule has 0 fully saturated rings. The summed E-state index contributed by atoms with van der Waals surface area (Å²) in [5, 5.41) is 3.30. The topological polar surface area (TPSA) is 12.0 Å². The van der Waals surface area contributed by atoms with Crippen LogP contribution in [0.15, 0.2) is 22.3 Å². The van der Waals surface area contributed by atoms with Gasteiger partial charge in [-0.2, -0.15) is 0 Å². The van der Waals surface area contributed by atoms with Crippen LogP contribution < -0.4 is 5.32 Å². The second-order valence-electron chi connectivity index (χ2n) is 2.34. The van der Waals surface area contributed by atoms with E-state index in [9.17, 15) is 0 Å². The fourth-order valence-electron chi connectivity index (χ4n) is 0.986. The molecule has 1 nitrogen and oxygen atoms in total. The molecule has 0 aliphatic heterocycles. The first-order valence-corrected chi connectivity index (χ1v) is 4.41. The first-order chi connectivity index (χ1) is 4.83. The van der Waals surface area contributed by atoms with Crippen molar-refractivity contribution in [3.63, 3.8) is 0 Å². The third-order valence-corrected chi connectivity index (χ3v) is 2.16. The van der Waals surface area contributed by atoms with Gasteiger partial charge in [-0.3, -0.25) is 0 Å². The number of hydrogen-bond donors (Lipinski definition) is 1. The quantitative estimate of drug-likeness (QED) is 0.725. The molecule has 2 heteroatoms. The molecule has 0 aromatic carbocycles. The highest BCUT2D eigenvalue weighted by Crippen LogP contribution is 2.20. The Balaban J connectivity index is 2.47. The third-order valence-electron chi connectivity index (χ3n) is 1.50. The minimum atomic E-state index is 1.03. The standard InChI is InChI=1S/C8H12BrN/c1-2-10-8-5-3-7(9)4-6-8/h3,5,10H,2,4,6H2,1H3. The van der Waals surface area contributed by atoms with Crippen molar-refractivity contribution in [3.8, 4) is 0 Å². The molecule has 1 aliphatic rings. The highest BCUT2D eigenvalue weighted by molar-refractivity contribution is 9.11. The smallest absolute Gasteiger partial charge is 0.0115 e. The van der Waals surface area contributed by atoms with E-state index in [1.54, 1.807) is 0 Å². The number of nitrogens with one attached hydrogen (secondary N) is 1. The van der Waals surface area contributed by atoms with Gasteiger partial charge in [-0.25, -0.2) is 0 Å². The van der Waals surface area contributed by atoms with Crippen LogP contribution in [-0.2, 0) is 0 Å². The van der Waals surface area contributed by atoms with Crippen molar-refractivity contribution in [1.82, 2.24) is 5.32 Å². The normalized spacial score (nSPS) is 17.8. The van der Waals surface area contributed by atoms with E-state index in [0.717, 1.165) is 19.4 Å². The van der Waals surface area contributed by atoms with Crippen molar-refractivity contribution >= 4 is 15.9 Å². The Morgan fingerprint density at radius 2 is 2.30 bits per heavy atom. The molecule has 0 spiro atoms. The lowest BCUT2D eigenvalue weighted by Gasteiger charge is -2.11. The van der Waals surface area contributed by atoms with Crippen LogP contribution >= 0.6 is 15.9 Å². The minimum absolute atomic E-state index is 1.03. The molecule has 0 saturated heterocycles. The van der Waals surface area contributed by atoms with Crippen LogP contribution in [0.25, 0.3) is 0 Å². The summed E-state index contributed by atoms with van der Waals surface area (Å²) in [6, 6.07) is 0. The van der Waals surface area contributed by atoms with Crippen LogP contribution in [-0.4, -0.2) is 6.54 Å². The molecule has 0 radical (unpaired) electrons. The second kappa shape index (κ2) is 3.81. The monoisotopic (exact) mass is 201 g/mol. The maximum absolute atomic E-state index is 3.46. The summed E-state index contributed by atoms with van der Waals surface area (Å²) in [6.45, 7) is 3.14. The molecular formula is C8H12BrN. The number of halogens is 1. The average molecular weight is 202 g/mol. The van der Waals surface area contributed by atoms with E-state index in [1.165, 1.54) is 10.2 Å². The van der Waals surface area contributed by atoms with Crippen LogP contribution in [0.5, 0.6) is 0 Å². The fourth-order valence-corrected chi connectivity index (χ4v) is 1.32. The predicted molar refractivity (Wildman–Crippen MR) is 48.0 cm³/mol. The van der Waals surface area contributed by atoms with Crippen molar-refractivity contribution in [2.75, 3.05) is 6.54 Å². The highest BCUT2D eigenvalue weighted by atomic mass is 79.9. The van der Waals surface area contributed by atoms with Gasteiger partial charge in [0.1, 0.15) is 0 Å². The van der Waals surface area contributed by atoms with E-state index in [2.05, 4.69) is 40.3 Å². The van der Waals surface area contributed by atoms with Crippen molar-refractivity contribution < 1.29 is 0 Å².